The van der Waals surface area contributed by atoms with E-state index in [0.29, 0.717) is 44.6 Å². The topological polar surface area (TPSA) is 94.3 Å². The minimum Gasteiger partial charge on any atom is -0.354 e. The molecule has 0 atom stereocenters. The second-order valence-electron chi connectivity index (χ2n) is 9.33. The molecule has 1 spiro atoms. The Morgan fingerprint density at radius 1 is 1.07 bits per heavy atom. The average molecular weight is 386 g/mol. The number of Topliss-reactive ketones (excluding diaryl/α,β-unsaturated/α-hetero) is 1. The van der Waals surface area contributed by atoms with Gasteiger partial charge < -0.3 is 20.5 Å². The number of carbonyl (C=O) groups excluding carboxylic acids is 3. The molecule has 7 heteroatoms. The van der Waals surface area contributed by atoms with Gasteiger partial charge in [0, 0.05) is 43.9 Å². The molecule has 2 fully saturated rings. The van der Waals surface area contributed by atoms with E-state index < -0.39 is 5.54 Å². The molecule has 3 heterocycles. The van der Waals surface area contributed by atoms with Crippen LogP contribution >= 0.6 is 0 Å². The van der Waals surface area contributed by atoms with Crippen LogP contribution in [0, 0.1) is 12.3 Å². The van der Waals surface area contributed by atoms with E-state index in [9.17, 15) is 14.4 Å². The van der Waals surface area contributed by atoms with Crippen molar-refractivity contribution in [1.29, 1.82) is 0 Å². The third-order valence-electron chi connectivity index (χ3n) is 6.62. The monoisotopic (exact) mass is 386 g/mol. The summed E-state index contributed by atoms with van der Waals surface area (Å²) in [6, 6.07) is 0. The van der Waals surface area contributed by atoms with Crippen molar-refractivity contribution in [2.24, 2.45) is 5.41 Å². The number of carbonyl (C=O) groups is 3. The van der Waals surface area contributed by atoms with E-state index in [4.69, 9.17) is 0 Å². The van der Waals surface area contributed by atoms with Gasteiger partial charge in [0.25, 0.3) is 5.91 Å². The van der Waals surface area contributed by atoms with Crippen LogP contribution in [0.1, 0.15) is 71.6 Å². The van der Waals surface area contributed by atoms with Gasteiger partial charge in [-0.1, -0.05) is 13.8 Å². The van der Waals surface area contributed by atoms with E-state index in [1.165, 1.54) is 0 Å². The summed E-state index contributed by atoms with van der Waals surface area (Å²) in [6.07, 6.45) is 3.40. The molecule has 152 valence electrons. The van der Waals surface area contributed by atoms with Crippen LogP contribution in [0.5, 0.6) is 0 Å². The molecule has 1 aliphatic carbocycles. The largest absolute Gasteiger partial charge is 0.354 e. The highest BCUT2D eigenvalue weighted by Gasteiger charge is 2.45. The molecule has 0 unspecified atom stereocenters. The summed E-state index contributed by atoms with van der Waals surface area (Å²) in [7, 11) is 0. The van der Waals surface area contributed by atoms with Crippen LogP contribution in [0.15, 0.2) is 0 Å². The molecule has 1 aromatic heterocycles. The zero-order chi connectivity index (χ0) is 20.1. The molecule has 0 bridgehead atoms. The van der Waals surface area contributed by atoms with Gasteiger partial charge in [0.2, 0.25) is 5.91 Å². The molecule has 2 saturated heterocycles. The third-order valence-corrected chi connectivity index (χ3v) is 6.62. The number of hydrogen-bond acceptors (Lipinski definition) is 4. The normalized spacial score (nSPS) is 23.9. The Morgan fingerprint density at radius 2 is 1.79 bits per heavy atom. The lowest BCUT2D eigenvalue weighted by Crippen LogP contribution is -2.61. The fourth-order valence-electron chi connectivity index (χ4n) is 4.68. The number of aryl methyl sites for hydroxylation is 1. The van der Waals surface area contributed by atoms with Crippen molar-refractivity contribution in [1.82, 2.24) is 20.5 Å². The molecule has 2 aliphatic heterocycles. The summed E-state index contributed by atoms with van der Waals surface area (Å²) in [4.78, 5) is 43.1. The number of nitrogens with one attached hydrogen (secondary N) is 3. The lowest BCUT2D eigenvalue weighted by atomic mass is 9.85. The van der Waals surface area contributed by atoms with Crippen LogP contribution in [0.3, 0.4) is 0 Å². The van der Waals surface area contributed by atoms with Crippen LogP contribution in [-0.4, -0.2) is 59.2 Å². The SMILES string of the molecule is Cc1c(C(=O)N2CCC3(CC2)NCC(C)(C)CNC3=O)[nH]c2c1C(=O)CCC2. The lowest BCUT2D eigenvalue weighted by molar-refractivity contribution is -0.128. The number of ketones is 1. The first-order valence-electron chi connectivity index (χ1n) is 10.3. The van der Waals surface area contributed by atoms with Gasteiger partial charge in [0.15, 0.2) is 5.78 Å². The molecule has 3 aliphatic rings. The van der Waals surface area contributed by atoms with Gasteiger partial charge in [0.05, 0.1) is 0 Å². The molecule has 4 rings (SSSR count). The summed E-state index contributed by atoms with van der Waals surface area (Å²) in [5.41, 5.74) is 2.35. The minimum absolute atomic E-state index is 0.0130. The Hall–Kier alpha value is -2.15. The van der Waals surface area contributed by atoms with Crippen molar-refractivity contribution in [3.8, 4) is 0 Å². The number of H-pyrrole nitrogens is 1. The van der Waals surface area contributed by atoms with Crippen LogP contribution in [0.25, 0.3) is 0 Å². The molecule has 1 aromatic rings. The minimum atomic E-state index is -0.593. The maximum Gasteiger partial charge on any atom is 0.270 e. The molecule has 0 radical (unpaired) electrons. The molecular weight excluding hydrogens is 356 g/mol. The predicted octanol–water partition coefficient (Wildman–Crippen LogP) is 1.56. The molecule has 7 nitrogen and oxygen atoms in total. The van der Waals surface area contributed by atoms with Crippen LogP contribution in [0.4, 0.5) is 0 Å². The Morgan fingerprint density at radius 3 is 2.46 bits per heavy atom. The molecule has 3 N–H and O–H groups in total. The van der Waals surface area contributed by atoms with Gasteiger partial charge in [-0.2, -0.15) is 0 Å². The second kappa shape index (κ2) is 6.72. The third kappa shape index (κ3) is 3.15. The lowest BCUT2D eigenvalue weighted by Gasteiger charge is -2.40. The van der Waals surface area contributed by atoms with Crippen molar-refractivity contribution in [2.45, 2.75) is 58.4 Å². The first-order valence-corrected chi connectivity index (χ1v) is 10.3. The fourth-order valence-corrected chi connectivity index (χ4v) is 4.68. The van der Waals surface area contributed by atoms with Gasteiger partial charge in [-0.25, -0.2) is 0 Å². The van der Waals surface area contributed by atoms with Gasteiger partial charge in [-0.3, -0.25) is 14.4 Å². The molecule has 0 saturated carbocycles. The van der Waals surface area contributed by atoms with Crippen LogP contribution in [0.2, 0.25) is 0 Å². The van der Waals surface area contributed by atoms with E-state index in [0.717, 1.165) is 36.2 Å². The fraction of sp³-hybridized carbons (Fsp3) is 0.667. The quantitative estimate of drug-likeness (QED) is 0.683. The number of nitrogens with zero attached hydrogens (tertiary/aromatic N) is 1. The zero-order valence-electron chi connectivity index (χ0n) is 17.0. The number of piperidine rings is 1. The number of aromatic amines is 1. The van der Waals surface area contributed by atoms with E-state index >= 15 is 0 Å². The van der Waals surface area contributed by atoms with Crippen molar-refractivity contribution in [3.63, 3.8) is 0 Å². The van der Waals surface area contributed by atoms with E-state index in [-0.39, 0.29) is 23.0 Å². The number of fused-ring (bicyclic) bond motifs is 1. The van der Waals surface area contributed by atoms with Gasteiger partial charge >= 0.3 is 0 Å². The number of rotatable bonds is 1. The maximum absolute atomic E-state index is 13.1. The van der Waals surface area contributed by atoms with Gasteiger partial charge in [-0.15, -0.1) is 0 Å². The number of likely N-dealkylation sites (tertiary alicyclic amines) is 1. The Balaban J connectivity index is 1.49. The van der Waals surface area contributed by atoms with Crippen LogP contribution < -0.4 is 10.6 Å². The standard InChI is InChI=1S/C21H30N4O3/c1-13-16-14(5-4-6-15(16)26)24-17(13)18(27)25-9-7-21(8-10-25)19(28)22-11-20(2,3)12-23-21/h23-24H,4-12H2,1-3H3,(H,22,28). The molecule has 2 amide bonds. The Kier molecular flexibility index (Phi) is 4.61. The van der Waals surface area contributed by atoms with Crippen molar-refractivity contribution >= 4 is 17.6 Å². The van der Waals surface area contributed by atoms with Crippen molar-refractivity contribution in [3.05, 3.63) is 22.5 Å². The zero-order valence-corrected chi connectivity index (χ0v) is 17.0. The maximum atomic E-state index is 13.1. The highest BCUT2D eigenvalue weighted by molar-refractivity contribution is 6.04. The van der Waals surface area contributed by atoms with E-state index in [2.05, 4.69) is 29.5 Å². The highest BCUT2D eigenvalue weighted by atomic mass is 16.2. The Labute approximate surface area is 165 Å². The molecular formula is C21H30N4O3. The highest BCUT2D eigenvalue weighted by Crippen LogP contribution is 2.30. The van der Waals surface area contributed by atoms with Crippen molar-refractivity contribution < 1.29 is 14.4 Å². The first-order chi connectivity index (χ1) is 13.2. The van der Waals surface area contributed by atoms with Gasteiger partial charge in [-0.05, 0) is 43.6 Å². The first kappa shape index (κ1) is 19.2. The van der Waals surface area contributed by atoms with E-state index in [1.54, 1.807) is 0 Å². The summed E-state index contributed by atoms with van der Waals surface area (Å²) in [5, 5.41) is 6.56. The Bertz CT molecular complexity index is 831. The molecule has 28 heavy (non-hydrogen) atoms. The number of hydrogen-bond donors (Lipinski definition) is 3. The molecule has 0 aromatic carbocycles. The van der Waals surface area contributed by atoms with Crippen molar-refractivity contribution in [2.75, 3.05) is 26.2 Å². The summed E-state index contributed by atoms with van der Waals surface area (Å²) >= 11 is 0. The average Bonchev–Trinajstić information content (AvgIpc) is 2.97. The summed E-state index contributed by atoms with van der Waals surface area (Å²) < 4.78 is 0. The number of aromatic nitrogens is 1. The smallest absolute Gasteiger partial charge is 0.270 e. The predicted molar refractivity (Wildman–Crippen MR) is 105 cm³/mol. The number of amides is 2. The van der Waals surface area contributed by atoms with Crippen LogP contribution in [-0.2, 0) is 11.2 Å². The van der Waals surface area contributed by atoms with E-state index in [1.807, 2.05) is 11.8 Å². The summed E-state index contributed by atoms with van der Waals surface area (Å²) in [5.74, 6) is 0.111. The summed E-state index contributed by atoms with van der Waals surface area (Å²) in [6.45, 7) is 8.60. The second-order valence-corrected chi connectivity index (χ2v) is 9.33. The van der Waals surface area contributed by atoms with Gasteiger partial charge in [0.1, 0.15) is 11.2 Å².